The number of aryl methyl sites for hydroxylation is 1. The summed E-state index contributed by atoms with van der Waals surface area (Å²) in [6, 6.07) is 14.9. The molecule has 1 saturated heterocycles. The van der Waals surface area contributed by atoms with Crippen molar-refractivity contribution < 1.29 is 60.4 Å². The second-order valence-electron chi connectivity index (χ2n) is 12.1. The van der Waals surface area contributed by atoms with Crippen molar-refractivity contribution in [3.05, 3.63) is 53.6 Å². The van der Waals surface area contributed by atoms with E-state index in [0.717, 1.165) is 61.3 Å². The van der Waals surface area contributed by atoms with Gasteiger partial charge >= 0.3 is 24.3 Å². The standard InChI is InChI=1S/C32H49N5O3.2C2HF3O2/c1-3-4-17-35-32(33)36-31(38)16-12-26-11-15-29(30(24-26)40-23-8-22-39-2)28-13-9-27(10-14-28)25-34-18-21-37-19-6-5-7-20-37;2*3-2(4,5)1(6)7/h9-11,13-15,24,34H,3-8,12,16-23,25H2,1-2H3,(H3,33,35,36,38);2*(H,6,7). The zero-order valence-corrected chi connectivity index (χ0v) is 30.5. The summed E-state index contributed by atoms with van der Waals surface area (Å²) >= 11 is 0. The zero-order valence-electron chi connectivity index (χ0n) is 30.5. The van der Waals surface area contributed by atoms with Gasteiger partial charge in [0.05, 0.1) is 6.61 Å². The van der Waals surface area contributed by atoms with E-state index in [2.05, 4.69) is 63.8 Å². The Bertz CT molecular complexity index is 1410. The fraction of sp³-hybridized carbons (Fsp3) is 0.556. The number of amides is 1. The Hall–Kier alpha value is -4.42. The van der Waals surface area contributed by atoms with Crippen molar-refractivity contribution in [3.8, 4) is 16.9 Å². The van der Waals surface area contributed by atoms with Crippen LogP contribution in [0, 0.1) is 0 Å². The Kier molecular flexibility index (Phi) is 22.5. The summed E-state index contributed by atoms with van der Waals surface area (Å²) in [7, 11) is 1.70. The number of unbranched alkanes of at least 4 members (excludes halogenated alkanes) is 1. The molecular formula is C36H51F6N5O7. The maximum absolute atomic E-state index is 12.4. The van der Waals surface area contributed by atoms with E-state index in [4.69, 9.17) is 35.0 Å². The third-order valence-electron chi connectivity index (χ3n) is 7.63. The molecule has 0 bridgehead atoms. The number of carboxylic acids is 2. The number of guanidine groups is 1. The SMILES string of the molecule is CCCCN=C(N)NC(=O)CCc1ccc(-c2ccc(CNCCN3CCCCC3)cc2)c(OCCCOC)c1.O=C(O)C(F)(F)F.O=C(O)C(F)(F)F. The number of methoxy groups -OCH3 is 1. The molecule has 6 N–H and O–H groups in total. The predicted octanol–water partition coefficient (Wildman–Crippen LogP) is 5.77. The van der Waals surface area contributed by atoms with Crippen LogP contribution >= 0.6 is 0 Å². The summed E-state index contributed by atoms with van der Waals surface area (Å²) in [5.74, 6) is -4.64. The zero-order chi connectivity index (χ0) is 40.6. The molecule has 2 aromatic rings. The minimum Gasteiger partial charge on any atom is -0.493 e. The van der Waals surface area contributed by atoms with Gasteiger partial charge in [-0.15, -0.1) is 0 Å². The number of halogens is 6. The Morgan fingerprint density at radius 2 is 1.48 bits per heavy atom. The van der Waals surface area contributed by atoms with Gasteiger partial charge in [-0.1, -0.05) is 56.2 Å². The lowest BCUT2D eigenvalue weighted by Gasteiger charge is -2.26. The Morgan fingerprint density at radius 3 is 2.04 bits per heavy atom. The molecule has 1 heterocycles. The van der Waals surface area contributed by atoms with Gasteiger partial charge in [-0.3, -0.25) is 15.1 Å². The Morgan fingerprint density at radius 1 is 0.889 bits per heavy atom. The maximum Gasteiger partial charge on any atom is 0.490 e. The number of carbonyl (C=O) groups excluding carboxylic acids is 1. The monoisotopic (exact) mass is 779 g/mol. The van der Waals surface area contributed by atoms with Crippen LogP contribution in [0.1, 0.15) is 63.0 Å². The number of piperidine rings is 1. The average Bonchev–Trinajstić information content (AvgIpc) is 3.12. The summed E-state index contributed by atoms with van der Waals surface area (Å²) < 4.78 is 74.8. The minimum atomic E-state index is -5.08. The summed E-state index contributed by atoms with van der Waals surface area (Å²) in [5.41, 5.74) is 10.3. The van der Waals surface area contributed by atoms with Crippen molar-refractivity contribution >= 4 is 23.8 Å². The van der Waals surface area contributed by atoms with Gasteiger partial charge in [0.2, 0.25) is 5.91 Å². The topological polar surface area (TPSA) is 176 Å². The molecule has 1 aliphatic heterocycles. The van der Waals surface area contributed by atoms with Crippen molar-refractivity contribution in [2.45, 2.75) is 77.2 Å². The molecule has 0 aromatic heterocycles. The molecule has 18 heteroatoms. The van der Waals surface area contributed by atoms with Gasteiger partial charge in [-0.25, -0.2) is 9.59 Å². The Labute approximate surface area is 311 Å². The van der Waals surface area contributed by atoms with E-state index in [0.29, 0.717) is 32.6 Å². The van der Waals surface area contributed by atoms with Gasteiger partial charge in [0.1, 0.15) is 5.75 Å². The van der Waals surface area contributed by atoms with Crippen LogP contribution in [0.4, 0.5) is 26.3 Å². The first kappa shape index (κ1) is 47.6. The van der Waals surface area contributed by atoms with Crippen LogP contribution in [-0.4, -0.2) is 104 Å². The first-order chi connectivity index (χ1) is 25.5. The van der Waals surface area contributed by atoms with E-state index in [9.17, 15) is 31.1 Å². The van der Waals surface area contributed by atoms with Crippen LogP contribution < -0.4 is 21.1 Å². The lowest BCUT2D eigenvalue weighted by molar-refractivity contribution is -0.193. The second kappa shape index (κ2) is 25.6. The third kappa shape index (κ3) is 21.3. The fourth-order valence-electron chi connectivity index (χ4n) is 4.78. The fourth-order valence-corrected chi connectivity index (χ4v) is 4.78. The number of nitrogens with two attached hydrogens (primary N) is 1. The van der Waals surface area contributed by atoms with Crippen molar-refractivity contribution in [2.24, 2.45) is 10.7 Å². The van der Waals surface area contributed by atoms with Crippen LogP contribution in [0.25, 0.3) is 11.1 Å². The van der Waals surface area contributed by atoms with Crippen LogP contribution in [0.5, 0.6) is 5.75 Å². The molecule has 2 aromatic carbocycles. The summed E-state index contributed by atoms with van der Waals surface area (Å²) in [6.07, 6.45) is -2.41. The number of nitrogens with zero attached hydrogens (tertiary/aromatic N) is 2. The minimum absolute atomic E-state index is 0.135. The molecule has 12 nitrogen and oxygen atoms in total. The lowest BCUT2D eigenvalue weighted by Crippen LogP contribution is -2.37. The lowest BCUT2D eigenvalue weighted by atomic mass is 9.99. The molecule has 0 unspecified atom stereocenters. The molecule has 0 aliphatic carbocycles. The molecule has 1 amide bonds. The molecule has 1 aliphatic rings. The maximum atomic E-state index is 12.4. The molecule has 1 fully saturated rings. The number of rotatable bonds is 17. The number of carboxylic acid groups (broad SMARTS) is 2. The van der Waals surface area contributed by atoms with Crippen LogP contribution in [-0.2, 0) is 32.1 Å². The van der Waals surface area contributed by atoms with Gasteiger partial charge in [0, 0.05) is 58.3 Å². The van der Waals surface area contributed by atoms with Gasteiger partial charge in [0.25, 0.3) is 0 Å². The molecular weight excluding hydrogens is 728 g/mol. The number of aliphatic imine (C=N–C) groups is 1. The normalized spacial score (nSPS) is 13.5. The van der Waals surface area contributed by atoms with Crippen LogP contribution in [0.15, 0.2) is 47.5 Å². The number of likely N-dealkylation sites (tertiary alicyclic amines) is 1. The molecule has 54 heavy (non-hydrogen) atoms. The van der Waals surface area contributed by atoms with Gasteiger partial charge in [0.15, 0.2) is 5.96 Å². The molecule has 0 atom stereocenters. The highest BCUT2D eigenvalue weighted by molar-refractivity contribution is 5.96. The number of ether oxygens (including phenoxy) is 2. The van der Waals surface area contributed by atoms with Gasteiger partial charge in [-0.2, -0.15) is 26.3 Å². The molecule has 304 valence electrons. The van der Waals surface area contributed by atoms with Crippen LogP contribution in [0.2, 0.25) is 0 Å². The molecule has 0 spiro atoms. The predicted molar refractivity (Wildman–Crippen MR) is 191 cm³/mol. The smallest absolute Gasteiger partial charge is 0.490 e. The number of benzene rings is 2. The molecule has 3 rings (SSSR count). The molecule has 0 saturated carbocycles. The van der Waals surface area contributed by atoms with Crippen molar-refractivity contribution in [2.75, 3.05) is 53.0 Å². The van der Waals surface area contributed by atoms with Gasteiger partial charge < -0.3 is 35.6 Å². The second-order valence-corrected chi connectivity index (χ2v) is 12.1. The van der Waals surface area contributed by atoms with E-state index in [1.165, 1.54) is 37.9 Å². The number of aliphatic carboxylic acids is 2. The van der Waals surface area contributed by atoms with Crippen molar-refractivity contribution in [1.29, 1.82) is 0 Å². The number of carbonyl (C=O) groups is 3. The summed E-state index contributed by atoms with van der Waals surface area (Å²) in [4.78, 5) is 36.9. The number of hydrogen-bond donors (Lipinski definition) is 5. The highest BCUT2D eigenvalue weighted by atomic mass is 19.4. The van der Waals surface area contributed by atoms with E-state index in [1.54, 1.807) is 7.11 Å². The van der Waals surface area contributed by atoms with E-state index < -0.39 is 24.3 Å². The number of hydrogen-bond acceptors (Lipinski definition) is 8. The summed E-state index contributed by atoms with van der Waals surface area (Å²) in [5, 5.41) is 20.5. The molecule has 0 radical (unpaired) electrons. The van der Waals surface area contributed by atoms with Crippen LogP contribution in [0.3, 0.4) is 0 Å². The number of nitrogens with one attached hydrogen (secondary N) is 2. The van der Waals surface area contributed by atoms with Gasteiger partial charge in [-0.05, 0) is 61.5 Å². The Balaban J connectivity index is 0.000000879. The van der Waals surface area contributed by atoms with Crippen molar-refractivity contribution in [1.82, 2.24) is 15.5 Å². The highest BCUT2D eigenvalue weighted by Gasteiger charge is 2.38. The first-order valence-electron chi connectivity index (χ1n) is 17.4. The third-order valence-corrected chi connectivity index (χ3v) is 7.63. The summed E-state index contributed by atoms with van der Waals surface area (Å²) in [6.45, 7) is 9.41. The van der Waals surface area contributed by atoms with E-state index in [1.807, 2.05) is 6.07 Å². The quantitative estimate of drug-likeness (QED) is 0.0574. The van der Waals surface area contributed by atoms with E-state index >= 15 is 0 Å². The first-order valence-corrected chi connectivity index (χ1v) is 17.4. The number of alkyl halides is 6. The van der Waals surface area contributed by atoms with Crippen molar-refractivity contribution in [3.63, 3.8) is 0 Å². The highest BCUT2D eigenvalue weighted by Crippen LogP contribution is 2.32. The average molecular weight is 780 g/mol. The largest absolute Gasteiger partial charge is 0.493 e. The van der Waals surface area contributed by atoms with E-state index in [-0.39, 0.29) is 11.9 Å².